The van der Waals surface area contributed by atoms with E-state index in [9.17, 15) is 43.5 Å². The maximum Gasteiger partial charge on any atom is 1.00 e. The molecule has 1 N–H and O–H groups in total. The summed E-state index contributed by atoms with van der Waals surface area (Å²) in [5.74, 6) is 0.913. The van der Waals surface area contributed by atoms with Gasteiger partial charge in [0.2, 0.25) is 0 Å². The number of aryl methyl sites for hydroxylation is 2. The Morgan fingerprint density at radius 2 is 1.06 bits per heavy atom. The SMILES string of the molecule is C1CCOC1.COS(=O)(=O)CC1OB(O)c2cc(OC3CCCCO3)cc(C)c21.COS(C)(=O)=O.Cc1cc(OC2CCCCO2)cc(B2OC(C)(C)C(C)(C)O2)c1C=O.[CH2-]CCC.[CH2-]S(=O)(=O)OC.[CH2-]S(=O)(=O)OC.[Li+].[Li+].[Li+]. The third kappa shape index (κ3) is 32.7. The van der Waals surface area contributed by atoms with Crippen LogP contribution in [0.15, 0.2) is 24.3 Å². The molecule has 0 bridgehead atoms. The summed E-state index contributed by atoms with van der Waals surface area (Å²) in [4.78, 5) is 11.7. The molecule has 0 aromatic heterocycles. The molecule has 3 unspecified atom stereocenters. The van der Waals surface area contributed by atoms with Crippen LogP contribution in [0.2, 0.25) is 0 Å². The predicted octanol–water partition coefficient (Wildman–Crippen LogP) is -3.82. The summed E-state index contributed by atoms with van der Waals surface area (Å²) in [5.41, 5.74) is 3.20. The van der Waals surface area contributed by atoms with Gasteiger partial charge in [0.15, 0.2) is 12.6 Å². The minimum absolute atomic E-state index is 0. The van der Waals surface area contributed by atoms with E-state index >= 15 is 0 Å². The molecule has 438 valence electrons. The summed E-state index contributed by atoms with van der Waals surface area (Å²) < 4.78 is 143. The number of benzene rings is 2. The number of hydrogen-bond acceptors (Lipinski definition) is 22. The number of carbonyl (C=O) groups excluding carboxylic acids is 1. The molecule has 0 spiro atoms. The Kier molecular flexibility index (Phi) is 41.2. The number of aldehydes is 1. The van der Waals surface area contributed by atoms with Gasteiger partial charge in [0, 0.05) is 31.6 Å². The predicted molar refractivity (Wildman–Crippen MR) is 289 cm³/mol. The van der Waals surface area contributed by atoms with Crippen molar-refractivity contribution < 1.29 is 154 Å². The van der Waals surface area contributed by atoms with Crippen molar-refractivity contribution in [2.45, 2.75) is 143 Å². The van der Waals surface area contributed by atoms with E-state index < -0.39 is 72.0 Å². The average molecular weight is 1180 g/mol. The van der Waals surface area contributed by atoms with Gasteiger partial charge in [-0.3, -0.25) is 21.5 Å². The molecule has 0 aliphatic carbocycles. The molecule has 0 amide bonds. The van der Waals surface area contributed by atoms with Crippen LogP contribution >= 0.6 is 0 Å². The number of rotatable bonds is 13. The van der Waals surface area contributed by atoms with E-state index in [4.69, 9.17) is 37.6 Å². The van der Waals surface area contributed by atoms with E-state index in [0.29, 0.717) is 40.2 Å². The largest absolute Gasteiger partial charge is 1.00 e. The fraction of sp³-hybridized carbons (Fsp3) is 0.667. The zero-order valence-electron chi connectivity index (χ0n) is 49.2. The van der Waals surface area contributed by atoms with Gasteiger partial charge < -0.3 is 49.6 Å². The van der Waals surface area contributed by atoms with Crippen molar-refractivity contribution in [3.8, 4) is 11.5 Å². The normalized spacial score (nSPS) is 19.8. The van der Waals surface area contributed by atoms with Crippen LogP contribution in [0.1, 0.15) is 132 Å². The van der Waals surface area contributed by atoms with Crippen molar-refractivity contribution >= 4 is 71.9 Å². The van der Waals surface area contributed by atoms with Gasteiger partial charge in [-0.05, 0) is 132 Å². The molecule has 5 heterocycles. The molecular formula is C48H81B2Li3O22S4. The van der Waals surface area contributed by atoms with Gasteiger partial charge in [0.05, 0.1) is 65.2 Å². The zero-order chi connectivity index (χ0) is 58.1. The zero-order valence-corrected chi connectivity index (χ0v) is 52.4. The van der Waals surface area contributed by atoms with Gasteiger partial charge in [0.25, 0.3) is 20.2 Å². The van der Waals surface area contributed by atoms with Crippen LogP contribution in [0.25, 0.3) is 0 Å². The summed E-state index contributed by atoms with van der Waals surface area (Å²) in [6.45, 7) is 20.8. The molecular weight excluding hydrogens is 1100 g/mol. The summed E-state index contributed by atoms with van der Waals surface area (Å²) in [5, 5.41) is 10.1. The average Bonchev–Trinajstić information content (AvgIpc) is 4.08. The first-order valence-corrected chi connectivity index (χ1v) is 31.0. The van der Waals surface area contributed by atoms with Crippen LogP contribution < -0.4 is 77.0 Å². The van der Waals surface area contributed by atoms with Gasteiger partial charge in [-0.2, -0.15) is 35.8 Å². The van der Waals surface area contributed by atoms with E-state index in [1.54, 1.807) is 6.07 Å². The Hall–Kier alpha value is -1.01. The Morgan fingerprint density at radius 3 is 1.38 bits per heavy atom. The van der Waals surface area contributed by atoms with Crippen molar-refractivity contribution in [3.05, 3.63) is 66.0 Å². The monoisotopic (exact) mass is 1180 g/mol. The summed E-state index contributed by atoms with van der Waals surface area (Å²) in [6, 6.07) is 7.21. The number of hydrogen-bond donors (Lipinski definition) is 1. The van der Waals surface area contributed by atoms with Crippen LogP contribution in [0.5, 0.6) is 11.5 Å². The Labute approximate surface area is 509 Å². The third-order valence-electron chi connectivity index (χ3n) is 11.7. The second-order valence-corrected chi connectivity index (χ2v) is 24.8. The van der Waals surface area contributed by atoms with Crippen molar-refractivity contribution in [2.24, 2.45) is 0 Å². The van der Waals surface area contributed by atoms with Crippen LogP contribution in [0.4, 0.5) is 0 Å². The summed E-state index contributed by atoms with van der Waals surface area (Å²) in [7, 11) is -11.1. The first-order chi connectivity index (χ1) is 35.2. The number of carbonyl (C=O) groups is 1. The number of fused-ring (bicyclic) bond motifs is 1. The van der Waals surface area contributed by atoms with E-state index in [-0.39, 0.29) is 74.9 Å². The fourth-order valence-electron chi connectivity index (χ4n) is 6.78. The van der Waals surface area contributed by atoms with Gasteiger partial charge in [0.1, 0.15) is 43.8 Å². The Balaban J connectivity index is -0.000000977. The molecule has 2 aromatic rings. The maximum absolute atomic E-state index is 11.7. The van der Waals surface area contributed by atoms with Crippen molar-refractivity contribution in [1.82, 2.24) is 0 Å². The van der Waals surface area contributed by atoms with Crippen LogP contribution in [-0.4, -0.2) is 150 Å². The molecule has 4 saturated heterocycles. The molecule has 7 rings (SSSR count). The van der Waals surface area contributed by atoms with Crippen molar-refractivity contribution in [1.29, 1.82) is 0 Å². The minimum Gasteiger partial charge on any atom is -0.465 e. The molecule has 5 aliphatic heterocycles. The first-order valence-electron chi connectivity index (χ1n) is 24.4. The molecule has 5 aliphatic rings. The Bertz CT molecular complexity index is 2410. The van der Waals surface area contributed by atoms with E-state index in [0.717, 1.165) is 117 Å². The van der Waals surface area contributed by atoms with Crippen molar-refractivity contribution in [2.75, 3.05) is 66.9 Å². The molecule has 2 aromatic carbocycles. The molecule has 22 nitrogen and oxygen atoms in total. The smallest absolute Gasteiger partial charge is 0.465 e. The van der Waals surface area contributed by atoms with E-state index in [1.165, 1.54) is 19.3 Å². The topological polar surface area (TPSA) is 285 Å². The molecule has 79 heavy (non-hydrogen) atoms. The van der Waals surface area contributed by atoms with Crippen LogP contribution in [0, 0.1) is 33.3 Å². The van der Waals surface area contributed by atoms with Gasteiger partial charge >= 0.3 is 70.8 Å². The quantitative estimate of drug-likeness (QED) is 0.0871. The molecule has 4 fully saturated rings. The van der Waals surface area contributed by atoms with Gasteiger partial charge in [-0.1, -0.05) is 13.3 Å². The Morgan fingerprint density at radius 1 is 0.671 bits per heavy atom. The number of unbranched alkanes of at least 4 members (excludes halogenated alkanes) is 1. The molecule has 0 radical (unpaired) electrons. The fourth-order valence-corrected chi connectivity index (χ4v) is 7.54. The molecule has 3 atom stereocenters. The van der Waals surface area contributed by atoms with Crippen LogP contribution in [-0.2, 0) is 85.4 Å². The molecule has 0 saturated carbocycles. The van der Waals surface area contributed by atoms with E-state index in [2.05, 4.69) is 43.1 Å². The maximum atomic E-state index is 11.7. The summed E-state index contributed by atoms with van der Waals surface area (Å²) >= 11 is 0. The third-order valence-corrected chi connectivity index (χ3v) is 14.5. The second-order valence-electron chi connectivity index (χ2n) is 18.4. The first kappa shape index (κ1) is 82.2. The van der Waals surface area contributed by atoms with Gasteiger partial charge in [-0.25, -0.2) is 16.8 Å². The van der Waals surface area contributed by atoms with Gasteiger partial charge in [-0.15, -0.1) is 0 Å². The standard InChI is InChI=1S/C19H27BO5.C15H21BO7S.C4H8O.C4H9.C2H6O3S.2C2H5O3S.3Li/c1-13-10-14(23-17-8-6-7-9-22-17)11-16(15(13)12-21)20-24-18(2,3)19(4,5)25-20;1-10-7-11(22-14-5-3-4-6-21-14)8-12-15(10)13(23-16(12)17)9-24(18,19)20-2;1-2-4-5-3-1;1-3-4-2;3*1-5-6(2,3)4;;;/h10-12,17H,6-9H2,1-5H3;7-8,13-14,17H,3-6,9H2,1-2H3;1-4H2;1,3-4H2,2H3;1-2H3;2*2H2,1H3;;;/q;;;-1;;2*-1;3*+1. The van der Waals surface area contributed by atoms with Crippen LogP contribution in [0.3, 0.4) is 0 Å². The van der Waals surface area contributed by atoms with E-state index in [1.807, 2.05) is 59.7 Å². The minimum atomic E-state index is -3.71. The molecule has 31 heteroatoms. The number of ether oxygens (including phenoxy) is 5. The van der Waals surface area contributed by atoms with Crippen molar-refractivity contribution in [3.63, 3.8) is 0 Å². The summed E-state index contributed by atoms with van der Waals surface area (Å²) in [6.07, 6.45) is 16.6. The second kappa shape index (κ2) is 39.6.